The Bertz CT molecular complexity index is 564. The highest BCUT2D eigenvalue weighted by Gasteiger charge is 2.02. The molecule has 116 valence electrons. The van der Waals surface area contributed by atoms with Gasteiger partial charge in [-0.1, -0.05) is 42.5 Å². The van der Waals surface area contributed by atoms with Gasteiger partial charge in [0.1, 0.15) is 5.75 Å². The molecule has 0 atom stereocenters. The molecule has 0 aliphatic heterocycles. The van der Waals surface area contributed by atoms with Crippen molar-refractivity contribution < 1.29 is 9.53 Å². The van der Waals surface area contributed by atoms with Gasteiger partial charge in [0.05, 0.1) is 7.11 Å². The first-order valence-electron chi connectivity index (χ1n) is 7.71. The average molecular weight is 297 g/mol. The number of nitrogens with one attached hydrogen (secondary N) is 1. The lowest BCUT2D eigenvalue weighted by Gasteiger charge is -2.06. The zero-order chi connectivity index (χ0) is 15.6. The second-order valence-corrected chi connectivity index (χ2v) is 5.32. The summed E-state index contributed by atoms with van der Waals surface area (Å²) in [7, 11) is 1.67. The third-order valence-electron chi connectivity index (χ3n) is 3.61. The van der Waals surface area contributed by atoms with Crippen molar-refractivity contribution in [2.75, 3.05) is 7.11 Å². The van der Waals surface area contributed by atoms with Gasteiger partial charge in [-0.05, 0) is 42.5 Å². The Kier molecular flexibility index (Phi) is 6.49. The first kappa shape index (κ1) is 16.1. The number of ether oxygens (including phenoxy) is 1. The van der Waals surface area contributed by atoms with E-state index in [9.17, 15) is 4.79 Å². The van der Waals surface area contributed by atoms with Gasteiger partial charge in [-0.25, -0.2) is 0 Å². The Morgan fingerprint density at radius 1 is 0.955 bits per heavy atom. The molecule has 0 radical (unpaired) electrons. The first-order valence-corrected chi connectivity index (χ1v) is 7.71. The summed E-state index contributed by atoms with van der Waals surface area (Å²) in [5.74, 6) is 1.00. The molecule has 2 aromatic rings. The van der Waals surface area contributed by atoms with Crippen LogP contribution in [0.1, 0.15) is 30.4 Å². The third kappa shape index (κ3) is 5.60. The Balaban J connectivity index is 1.60. The highest BCUT2D eigenvalue weighted by atomic mass is 16.5. The van der Waals surface area contributed by atoms with Crippen LogP contribution in [0, 0.1) is 0 Å². The van der Waals surface area contributed by atoms with Crippen molar-refractivity contribution in [3.63, 3.8) is 0 Å². The first-order chi connectivity index (χ1) is 10.8. The fourth-order valence-corrected chi connectivity index (χ4v) is 2.29. The number of amides is 1. The predicted octanol–water partition coefficient (Wildman–Crippen LogP) is 3.72. The Morgan fingerprint density at radius 3 is 2.36 bits per heavy atom. The maximum absolute atomic E-state index is 11.8. The SMILES string of the molecule is COc1ccc(CCCCC(=O)NCc2ccccc2)cc1. The van der Waals surface area contributed by atoms with Gasteiger partial charge in [-0.2, -0.15) is 0 Å². The van der Waals surface area contributed by atoms with E-state index in [2.05, 4.69) is 17.4 Å². The average Bonchev–Trinajstić information content (AvgIpc) is 2.58. The number of benzene rings is 2. The Morgan fingerprint density at radius 2 is 1.68 bits per heavy atom. The van der Waals surface area contributed by atoms with E-state index in [1.165, 1.54) is 5.56 Å². The van der Waals surface area contributed by atoms with Crippen molar-refractivity contribution in [1.29, 1.82) is 0 Å². The van der Waals surface area contributed by atoms with E-state index in [-0.39, 0.29) is 5.91 Å². The minimum atomic E-state index is 0.124. The molecule has 0 saturated heterocycles. The normalized spacial score (nSPS) is 10.2. The van der Waals surface area contributed by atoms with Crippen molar-refractivity contribution >= 4 is 5.91 Å². The van der Waals surface area contributed by atoms with Gasteiger partial charge in [-0.3, -0.25) is 4.79 Å². The van der Waals surface area contributed by atoms with Gasteiger partial charge >= 0.3 is 0 Å². The van der Waals surface area contributed by atoms with Crippen LogP contribution >= 0.6 is 0 Å². The van der Waals surface area contributed by atoms with Crippen LogP contribution in [0.3, 0.4) is 0 Å². The fraction of sp³-hybridized carbons (Fsp3) is 0.316. The molecule has 0 saturated carbocycles. The standard InChI is InChI=1S/C19H23NO2/c1-22-18-13-11-16(12-14-18)7-5-6-10-19(21)20-15-17-8-3-2-4-9-17/h2-4,8-9,11-14H,5-7,10,15H2,1H3,(H,20,21). The molecule has 22 heavy (non-hydrogen) atoms. The molecule has 0 aliphatic carbocycles. The monoisotopic (exact) mass is 297 g/mol. The van der Waals surface area contributed by atoms with Crippen molar-refractivity contribution in [3.05, 3.63) is 65.7 Å². The number of unbranched alkanes of at least 4 members (excludes halogenated alkanes) is 1. The molecular weight excluding hydrogens is 274 g/mol. The topological polar surface area (TPSA) is 38.3 Å². The quantitative estimate of drug-likeness (QED) is 0.754. The third-order valence-corrected chi connectivity index (χ3v) is 3.61. The van der Waals surface area contributed by atoms with Gasteiger partial charge in [0.15, 0.2) is 0 Å². The molecule has 0 spiro atoms. The minimum absolute atomic E-state index is 0.124. The number of hydrogen-bond donors (Lipinski definition) is 1. The van der Waals surface area contributed by atoms with E-state index in [4.69, 9.17) is 4.74 Å². The number of methoxy groups -OCH3 is 1. The molecular formula is C19H23NO2. The van der Waals surface area contributed by atoms with Gasteiger partial charge in [-0.15, -0.1) is 0 Å². The van der Waals surface area contributed by atoms with E-state index < -0.39 is 0 Å². The maximum atomic E-state index is 11.8. The van der Waals surface area contributed by atoms with Crippen LogP contribution in [-0.2, 0) is 17.8 Å². The number of rotatable bonds is 8. The van der Waals surface area contributed by atoms with E-state index in [1.807, 2.05) is 42.5 Å². The highest BCUT2D eigenvalue weighted by molar-refractivity contribution is 5.75. The van der Waals surface area contributed by atoms with Gasteiger partial charge < -0.3 is 10.1 Å². The van der Waals surface area contributed by atoms with E-state index in [1.54, 1.807) is 7.11 Å². The lowest BCUT2D eigenvalue weighted by Crippen LogP contribution is -2.22. The highest BCUT2D eigenvalue weighted by Crippen LogP contribution is 2.13. The summed E-state index contributed by atoms with van der Waals surface area (Å²) in [6, 6.07) is 18.1. The van der Waals surface area contributed by atoms with Crippen molar-refractivity contribution in [1.82, 2.24) is 5.32 Å². The molecule has 1 amide bonds. The molecule has 0 aromatic heterocycles. The molecule has 0 heterocycles. The summed E-state index contributed by atoms with van der Waals surface area (Å²) < 4.78 is 5.14. The summed E-state index contributed by atoms with van der Waals surface area (Å²) in [6.07, 6.45) is 3.51. The Hall–Kier alpha value is -2.29. The fourth-order valence-electron chi connectivity index (χ4n) is 2.29. The van der Waals surface area contributed by atoms with Crippen molar-refractivity contribution in [3.8, 4) is 5.75 Å². The predicted molar refractivity (Wildman–Crippen MR) is 88.8 cm³/mol. The van der Waals surface area contributed by atoms with Crippen LogP contribution < -0.4 is 10.1 Å². The van der Waals surface area contributed by atoms with Gasteiger partial charge in [0.2, 0.25) is 5.91 Å². The van der Waals surface area contributed by atoms with Crippen molar-refractivity contribution in [2.45, 2.75) is 32.2 Å². The summed E-state index contributed by atoms with van der Waals surface area (Å²) in [4.78, 5) is 11.8. The number of carbonyl (C=O) groups excluding carboxylic acids is 1. The van der Waals surface area contributed by atoms with Crippen LogP contribution in [-0.4, -0.2) is 13.0 Å². The van der Waals surface area contributed by atoms with E-state index >= 15 is 0 Å². The zero-order valence-electron chi connectivity index (χ0n) is 13.0. The second-order valence-electron chi connectivity index (χ2n) is 5.32. The minimum Gasteiger partial charge on any atom is -0.497 e. The Labute approximate surface area is 132 Å². The summed E-state index contributed by atoms with van der Waals surface area (Å²) in [5.41, 5.74) is 2.42. The molecule has 1 N–H and O–H groups in total. The molecule has 3 heteroatoms. The lowest BCUT2D eigenvalue weighted by atomic mass is 10.1. The van der Waals surface area contributed by atoms with Crippen LogP contribution in [0.5, 0.6) is 5.75 Å². The molecule has 2 rings (SSSR count). The second kappa shape index (κ2) is 8.88. The molecule has 0 bridgehead atoms. The molecule has 0 fully saturated rings. The lowest BCUT2D eigenvalue weighted by molar-refractivity contribution is -0.121. The molecule has 0 unspecified atom stereocenters. The van der Waals surface area contributed by atoms with Crippen LogP contribution in [0.4, 0.5) is 0 Å². The van der Waals surface area contributed by atoms with Gasteiger partial charge in [0, 0.05) is 13.0 Å². The number of aryl methyl sites for hydroxylation is 1. The van der Waals surface area contributed by atoms with E-state index in [0.717, 1.165) is 30.6 Å². The summed E-state index contributed by atoms with van der Waals surface area (Å²) >= 11 is 0. The van der Waals surface area contributed by atoms with Gasteiger partial charge in [0.25, 0.3) is 0 Å². The smallest absolute Gasteiger partial charge is 0.220 e. The molecule has 2 aromatic carbocycles. The maximum Gasteiger partial charge on any atom is 0.220 e. The number of carbonyl (C=O) groups is 1. The van der Waals surface area contributed by atoms with Crippen LogP contribution in [0.15, 0.2) is 54.6 Å². The molecule has 3 nitrogen and oxygen atoms in total. The largest absolute Gasteiger partial charge is 0.497 e. The van der Waals surface area contributed by atoms with Crippen LogP contribution in [0.2, 0.25) is 0 Å². The van der Waals surface area contributed by atoms with E-state index in [0.29, 0.717) is 13.0 Å². The number of hydrogen-bond acceptors (Lipinski definition) is 2. The van der Waals surface area contributed by atoms with Crippen molar-refractivity contribution in [2.24, 2.45) is 0 Å². The summed E-state index contributed by atoms with van der Waals surface area (Å²) in [6.45, 7) is 0.609. The van der Waals surface area contributed by atoms with Crippen LogP contribution in [0.25, 0.3) is 0 Å². The summed E-state index contributed by atoms with van der Waals surface area (Å²) in [5, 5.41) is 2.96. The molecule has 0 aliphatic rings. The zero-order valence-corrected chi connectivity index (χ0v) is 13.0.